The Kier molecular flexibility index (Phi) is 7.89. The van der Waals surface area contributed by atoms with E-state index in [2.05, 4.69) is 59.9 Å². The van der Waals surface area contributed by atoms with Crippen molar-refractivity contribution >= 4 is 15.9 Å². The summed E-state index contributed by atoms with van der Waals surface area (Å²) in [5.74, 6) is -0.314. The molecule has 1 aliphatic heterocycles. The molecule has 2 aliphatic rings. The first-order valence-corrected chi connectivity index (χ1v) is 15.1. The molecule has 10 heteroatoms. The molecule has 39 heavy (non-hydrogen) atoms. The van der Waals surface area contributed by atoms with Gasteiger partial charge < -0.3 is 10.6 Å². The highest BCUT2D eigenvalue weighted by Gasteiger charge is 2.39. The van der Waals surface area contributed by atoms with E-state index in [1.54, 1.807) is 30.3 Å². The van der Waals surface area contributed by atoms with Crippen LogP contribution in [0.25, 0.3) is 0 Å². The molecule has 208 valence electrons. The van der Waals surface area contributed by atoms with Crippen molar-refractivity contribution in [3.05, 3.63) is 77.1 Å². The van der Waals surface area contributed by atoms with Crippen LogP contribution in [0.15, 0.2) is 59.6 Å². The minimum absolute atomic E-state index is 0.0657. The summed E-state index contributed by atoms with van der Waals surface area (Å²) >= 11 is 0. The van der Waals surface area contributed by atoms with E-state index < -0.39 is 16.1 Å². The summed E-state index contributed by atoms with van der Waals surface area (Å²) in [5.41, 5.74) is 4.71. The van der Waals surface area contributed by atoms with Gasteiger partial charge in [0.05, 0.1) is 16.6 Å². The predicted molar refractivity (Wildman–Crippen MR) is 150 cm³/mol. The maximum absolute atomic E-state index is 13.4. The fraction of sp³-hybridized carbons (Fsp3) is 0.483. The number of piperazine rings is 1. The predicted octanol–water partition coefficient (Wildman–Crippen LogP) is 3.07. The topological polar surface area (TPSA) is 109 Å². The lowest BCUT2D eigenvalue weighted by Gasteiger charge is -2.33. The molecule has 1 saturated heterocycles. The molecule has 0 bridgehead atoms. The Bertz CT molecular complexity index is 1410. The highest BCUT2D eigenvalue weighted by atomic mass is 32.2. The van der Waals surface area contributed by atoms with Crippen LogP contribution in [-0.2, 0) is 34.2 Å². The average molecular weight is 551 g/mol. The van der Waals surface area contributed by atoms with E-state index in [0.717, 1.165) is 32.4 Å². The number of nitrogens with one attached hydrogen (secondary N) is 2. The lowest BCUT2D eigenvalue weighted by Crippen LogP contribution is -2.57. The van der Waals surface area contributed by atoms with E-state index in [-0.39, 0.29) is 41.8 Å². The minimum Gasteiger partial charge on any atom is -0.353 e. The summed E-state index contributed by atoms with van der Waals surface area (Å²) in [4.78, 5) is 13.0. The third kappa shape index (κ3) is 6.23. The van der Waals surface area contributed by atoms with E-state index in [0.29, 0.717) is 5.69 Å². The van der Waals surface area contributed by atoms with Gasteiger partial charge in [0.1, 0.15) is 6.04 Å². The van der Waals surface area contributed by atoms with Gasteiger partial charge in [0, 0.05) is 38.8 Å². The Hall–Kier alpha value is -3.08. The first-order valence-electron chi connectivity index (χ1n) is 13.7. The number of amides is 1. The van der Waals surface area contributed by atoms with E-state index in [4.69, 9.17) is 0 Å². The van der Waals surface area contributed by atoms with Crippen molar-refractivity contribution < 1.29 is 13.2 Å². The summed E-state index contributed by atoms with van der Waals surface area (Å²) in [6.07, 6.45) is 5.08. The molecule has 1 fully saturated rings. The van der Waals surface area contributed by atoms with Crippen molar-refractivity contribution in [2.75, 3.05) is 19.6 Å². The number of aromatic nitrogens is 3. The Balaban J connectivity index is 1.32. The number of benzene rings is 2. The molecule has 1 unspecified atom stereocenters. The molecule has 0 saturated carbocycles. The van der Waals surface area contributed by atoms with Crippen LogP contribution in [0.2, 0.25) is 0 Å². The molecule has 2 N–H and O–H groups in total. The number of rotatable bonds is 8. The Morgan fingerprint density at radius 2 is 1.92 bits per heavy atom. The highest BCUT2D eigenvalue weighted by Crippen LogP contribution is 2.33. The summed E-state index contributed by atoms with van der Waals surface area (Å²) in [6.45, 7) is 8.97. The SMILES string of the molecule is CC(C)(C)CNCc1ccc2c(c1)CCC[C@H]2n1cc(CC2C(=O)NCCN2S(=O)(=O)c2ccccc2)nn1. The summed E-state index contributed by atoms with van der Waals surface area (Å²) in [5, 5.41) is 15.2. The van der Waals surface area contributed by atoms with Crippen LogP contribution in [0.1, 0.15) is 62.0 Å². The smallest absolute Gasteiger partial charge is 0.243 e. The number of hydrogen-bond donors (Lipinski definition) is 2. The molecule has 2 aromatic carbocycles. The molecule has 0 radical (unpaired) electrons. The summed E-state index contributed by atoms with van der Waals surface area (Å²) in [7, 11) is -3.82. The maximum Gasteiger partial charge on any atom is 0.243 e. The first kappa shape index (κ1) is 27.5. The Morgan fingerprint density at radius 1 is 1.13 bits per heavy atom. The van der Waals surface area contributed by atoms with Crippen LogP contribution < -0.4 is 10.6 Å². The highest BCUT2D eigenvalue weighted by molar-refractivity contribution is 7.89. The molecule has 9 nitrogen and oxygen atoms in total. The van der Waals surface area contributed by atoms with Crippen LogP contribution in [0, 0.1) is 5.41 Å². The van der Waals surface area contributed by atoms with Gasteiger partial charge in [-0.1, -0.05) is 62.4 Å². The van der Waals surface area contributed by atoms with Crippen molar-refractivity contribution in [2.24, 2.45) is 5.41 Å². The Labute approximate surface area is 231 Å². The van der Waals surface area contributed by atoms with Gasteiger partial charge >= 0.3 is 0 Å². The maximum atomic E-state index is 13.4. The van der Waals surface area contributed by atoms with Crippen molar-refractivity contribution in [1.82, 2.24) is 29.9 Å². The Morgan fingerprint density at radius 3 is 2.69 bits per heavy atom. The normalized spacial score (nSPS) is 20.4. The molecule has 0 spiro atoms. The van der Waals surface area contributed by atoms with E-state index in [9.17, 15) is 13.2 Å². The number of hydrogen-bond acceptors (Lipinski definition) is 6. The van der Waals surface area contributed by atoms with Crippen LogP contribution in [0.4, 0.5) is 0 Å². The van der Waals surface area contributed by atoms with Crippen molar-refractivity contribution in [3.8, 4) is 0 Å². The van der Waals surface area contributed by atoms with Crippen LogP contribution in [0.3, 0.4) is 0 Å². The number of carbonyl (C=O) groups excluding carboxylic acids is 1. The lowest BCUT2D eigenvalue weighted by atomic mass is 9.86. The van der Waals surface area contributed by atoms with E-state index >= 15 is 0 Å². The molecule has 2 heterocycles. The molecule has 3 aromatic rings. The monoisotopic (exact) mass is 550 g/mol. The summed E-state index contributed by atoms with van der Waals surface area (Å²) in [6, 6.07) is 14.1. The van der Waals surface area contributed by atoms with Crippen LogP contribution in [-0.4, -0.2) is 59.3 Å². The molecule has 5 rings (SSSR count). The average Bonchev–Trinajstić information content (AvgIpc) is 3.37. The van der Waals surface area contributed by atoms with Crippen molar-refractivity contribution in [1.29, 1.82) is 0 Å². The third-order valence-electron chi connectivity index (χ3n) is 7.39. The van der Waals surface area contributed by atoms with Gasteiger partial charge in [-0.15, -0.1) is 5.10 Å². The number of aryl methyl sites for hydroxylation is 1. The molecule has 1 amide bonds. The lowest BCUT2D eigenvalue weighted by molar-refractivity contribution is -0.126. The largest absolute Gasteiger partial charge is 0.353 e. The van der Waals surface area contributed by atoms with Gasteiger partial charge in [0.2, 0.25) is 15.9 Å². The number of sulfonamides is 1. The van der Waals surface area contributed by atoms with Gasteiger partial charge in [-0.25, -0.2) is 13.1 Å². The standard InChI is InChI=1S/C29H38N6O3S/c1-29(2,3)20-30-18-21-12-13-25-22(16-21)8-7-11-26(25)34-19-23(32-33-34)17-27-28(36)31-14-15-35(27)39(37,38)24-9-5-4-6-10-24/h4-6,9-10,12-13,16,19,26-27,30H,7-8,11,14-15,17-18,20H2,1-3H3,(H,31,36)/t26-,27?/m1/s1. The van der Waals surface area contributed by atoms with Crippen LogP contribution in [0.5, 0.6) is 0 Å². The zero-order valence-corrected chi connectivity index (χ0v) is 23.7. The van der Waals surface area contributed by atoms with Crippen LogP contribution >= 0.6 is 0 Å². The first-order chi connectivity index (χ1) is 18.6. The minimum atomic E-state index is -3.82. The third-order valence-corrected chi connectivity index (χ3v) is 9.31. The number of carbonyl (C=O) groups is 1. The second-order valence-electron chi connectivity index (χ2n) is 11.7. The van der Waals surface area contributed by atoms with Gasteiger partial charge in [-0.2, -0.15) is 4.31 Å². The fourth-order valence-corrected chi connectivity index (χ4v) is 7.08. The molecular formula is C29H38N6O3S. The zero-order valence-electron chi connectivity index (χ0n) is 22.9. The molecule has 1 aliphatic carbocycles. The van der Waals surface area contributed by atoms with Crippen molar-refractivity contribution in [2.45, 2.75) is 70.0 Å². The van der Waals surface area contributed by atoms with Gasteiger partial charge in [-0.3, -0.25) is 4.79 Å². The van der Waals surface area contributed by atoms with Crippen molar-refractivity contribution in [3.63, 3.8) is 0 Å². The number of nitrogens with zero attached hydrogens (tertiary/aromatic N) is 4. The van der Waals surface area contributed by atoms with Gasteiger partial charge in [0.15, 0.2) is 0 Å². The van der Waals surface area contributed by atoms with Gasteiger partial charge in [0.25, 0.3) is 0 Å². The van der Waals surface area contributed by atoms with E-state index in [1.807, 2.05) is 10.9 Å². The van der Waals surface area contributed by atoms with Gasteiger partial charge in [-0.05, 0) is 53.5 Å². The molecular weight excluding hydrogens is 512 g/mol. The molecule has 2 atom stereocenters. The zero-order chi connectivity index (χ0) is 27.6. The van der Waals surface area contributed by atoms with E-state index in [1.165, 1.54) is 21.0 Å². The quantitative estimate of drug-likeness (QED) is 0.446. The second kappa shape index (κ2) is 11.2. The summed E-state index contributed by atoms with van der Waals surface area (Å²) < 4.78 is 29.9. The fourth-order valence-electron chi connectivity index (χ4n) is 5.47. The number of fused-ring (bicyclic) bond motifs is 1. The molecule has 1 aromatic heterocycles. The second-order valence-corrected chi connectivity index (χ2v) is 13.6.